The number of benzene rings is 2. The number of aromatic nitrogens is 1. The summed E-state index contributed by atoms with van der Waals surface area (Å²) in [6.07, 6.45) is -5.92. The lowest BCUT2D eigenvalue weighted by Crippen LogP contribution is -2.50. The highest BCUT2D eigenvalue weighted by molar-refractivity contribution is 5.80. The number of aromatic amines is 1. The Kier molecular flexibility index (Phi) is 4.72. The number of phenols is 1. The monoisotopic (exact) mass is 377 g/mol. The Morgan fingerprint density at radius 1 is 0.963 bits per heavy atom. The van der Waals surface area contributed by atoms with Crippen molar-refractivity contribution in [1.29, 1.82) is 0 Å². The molecular formula is C21H22F3NO2. The number of rotatable bonds is 5. The maximum absolute atomic E-state index is 13.9. The third kappa shape index (κ3) is 3.95. The Labute approximate surface area is 155 Å². The lowest BCUT2D eigenvalue weighted by atomic mass is 9.73. The Bertz CT molecular complexity index is 913. The molecule has 27 heavy (non-hydrogen) atoms. The van der Waals surface area contributed by atoms with E-state index in [0.29, 0.717) is 11.3 Å². The first-order chi connectivity index (χ1) is 12.5. The first kappa shape index (κ1) is 19.3. The SMILES string of the molecule is CC(C)(CC(O)(Cc1cc2ccccc2[nH]1)C(F)(F)F)c1cccc(O)c1. The molecule has 1 aromatic heterocycles. The van der Waals surface area contributed by atoms with Crippen molar-refractivity contribution in [2.24, 2.45) is 0 Å². The van der Waals surface area contributed by atoms with Gasteiger partial charge in [-0.2, -0.15) is 13.2 Å². The van der Waals surface area contributed by atoms with Gasteiger partial charge in [-0.15, -0.1) is 0 Å². The van der Waals surface area contributed by atoms with Crippen LogP contribution in [0.5, 0.6) is 5.75 Å². The van der Waals surface area contributed by atoms with Crippen LogP contribution < -0.4 is 0 Å². The fraction of sp³-hybridized carbons (Fsp3) is 0.333. The molecule has 3 N–H and O–H groups in total. The number of para-hydroxylation sites is 1. The van der Waals surface area contributed by atoms with Crippen molar-refractivity contribution in [2.45, 2.75) is 43.9 Å². The molecule has 0 fully saturated rings. The highest BCUT2D eigenvalue weighted by atomic mass is 19.4. The van der Waals surface area contributed by atoms with Gasteiger partial charge >= 0.3 is 6.18 Å². The predicted octanol–water partition coefficient (Wildman–Crippen LogP) is 5.08. The van der Waals surface area contributed by atoms with Crippen molar-refractivity contribution in [3.05, 3.63) is 65.9 Å². The van der Waals surface area contributed by atoms with E-state index in [-0.39, 0.29) is 5.75 Å². The molecule has 0 radical (unpaired) electrons. The van der Waals surface area contributed by atoms with Crippen molar-refractivity contribution in [3.8, 4) is 5.75 Å². The summed E-state index contributed by atoms with van der Waals surface area (Å²) in [6.45, 7) is 3.26. The summed E-state index contributed by atoms with van der Waals surface area (Å²) in [6, 6.07) is 14.9. The van der Waals surface area contributed by atoms with Crippen LogP contribution in [0.15, 0.2) is 54.6 Å². The van der Waals surface area contributed by atoms with Gasteiger partial charge in [0.2, 0.25) is 0 Å². The van der Waals surface area contributed by atoms with Crippen LogP contribution in [0.1, 0.15) is 31.5 Å². The number of fused-ring (bicyclic) bond motifs is 1. The van der Waals surface area contributed by atoms with E-state index < -0.39 is 30.0 Å². The molecule has 0 aliphatic carbocycles. The van der Waals surface area contributed by atoms with Gasteiger partial charge in [0.15, 0.2) is 5.60 Å². The Hall–Kier alpha value is -2.47. The average Bonchev–Trinajstić information content (AvgIpc) is 2.95. The summed E-state index contributed by atoms with van der Waals surface area (Å²) in [5, 5.41) is 21.1. The summed E-state index contributed by atoms with van der Waals surface area (Å²) in [5.74, 6) is -0.0215. The van der Waals surface area contributed by atoms with E-state index >= 15 is 0 Å². The van der Waals surface area contributed by atoms with Crippen molar-refractivity contribution >= 4 is 10.9 Å². The van der Waals surface area contributed by atoms with Crippen LogP contribution in [-0.4, -0.2) is 27.0 Å². The standard InChI is InChI=1S/C21H22F3NO2/c1-19(2,15-7-5-8-17(26)11-15)13-20(27,21(22,23)24)12-16-10-14-6-3-4-9-18(14)25-16/h3-11,25-27H,12-13H2,1-2H3. The van der Waals surface area contributed by atoms with Crippen LogP contribution in [-0.2, 0) is 11.8 Å². The van der Waals surface area contributed by atoms with Gasteiger partial charge in [-0.05, 0) is 47.1 Å². The van der Waals surface area contributed by atoms with Gasteiger partial charge in [0.25, 0.3) is 0 Å². The number of alkyl halides is 3. The molecule has 1 atom stereocenters. The highest BCUT2D eigenvalue weighted by Gasteiger charge is 2.56. The average molecular weight is 377 g/mol. The molecule has 1 unspecified atom stereocenters. The second kappa shape index (κ2) is 6.60. The molecule has 3 nitrogen and oxygen atoms in total. The van der Waals surface area contributed by atoms with Gasteiger partial charge in [-0.1, -0.05) is 44.2 Å². The van der Waals surface area contributed by atoms with Crippen molar-refractivity contribution in [1.82, 2.24) is 4.98 Å². The van der Waals surface area contributed by atoms with Crippen LogP contribution in [0.2, 0.25) is 0 Å². The molecule has 0 spiro atoms. The molecule has 0 saturated heterocycles. The second-order valence-electron chi connectivity index (χ2n) is 7.70. The third-order valence-corrected chi connectivity index (χ3v) is 4.96. The molecule has 3 rings (SSSR count). The minimum Gasteiger partial charge on any atom is -0.508 e. The lowest BCUT2D eigenvalue weighted by Gasteiger charge is -2.38. The molecule has 0 bridgehead atoms. The summed E-state index contributed by atoms with van der Waals surface area (Å²) in [5.41, 5.74) is -2.34. The largest absolute Gasteiger partial charge is 0.508 e. The van der Waals surface area contributed by atoms with Crippen LogP contribution >= 0.6 is 0 Å². The number of hydrogen-bond acceptors (Lipinski definition) is 2. The summed E-state index contributed by atoms with van der Waals surface area (Å²) < 4.78 is 41.6. The second-order valence-corrected chi connectivity index (χ2v) is 7.70. The maximum atomic E-state index is 13.9. The quantitative estimate of drug-likeness (QED) is 0.581. The number of H-pyrrole nitrogens is 1. The van der Waals surface area contributed by atoms with Gasteiger partial charge in [0.1, 0.15) is 5.75 Å². The van der Waals surface area contributed by atoms with Crippen molar-refractivity contribution in [2.75, 3.05) is 0 Å². The first-order valence-electron chi connectivity index (χ1n) is 8.65. The van der Waals surface area contributed by atoms with E-state index in [1.165, 1.54) is 12.1 Å². The summed E-state index contributed by atoms with van der Waals surface area (Å²) in [7, 11) is 0. The third-order valence-electron chi connectivity index (χ3n) is 4.96. The predicted molar refractivity (Wildman–Crippen MR) is 98.8 cm³/mol. The Morgan fingerprint density at radius 2 is 1.67 bits per heavy atom. The number of aromatic hydroxyl groups is 1. The smallest absolute Gasteiger partial charge is 0.417 e. The summed E-state index contributed by atoms with van der Waals surface area (Å²) >= 11 is 0. The molecule has 1 heterocycles. The minimum absolute atomic E-state index is 0.0215. The fourth-order valence-electron chi connectivity index (χ4n) is 3.57. The van der Waals surface area contributed by atoms with Crippen LogP contribution in [0.25, 0.3) is 10.9 Å². The van der Waals surface area contributed by atoms with E-state index in [2.05, 4.69) is 4.98 Å². The highest BCUT2D eigenvalue weighted by Crippen LogP contribution is 2.43. The maximum Gasteiger partial charge on any atom is 0.417 e. The minimum atomic E-state index is -4.81. The van der Waals surface area contributed by atoms with Gasteiger partial charge in [0.05, 0.1) is 0 Å². The van der Waals surface area contributed by atoms with Crippen LogP contribution in [0.3, 0.4) is 0 Å². The van der Waals surface area contributed by atoms with Gasteiger partial charge < -0.3 is 15.2 Å². The molecule has 0 aliphatic rings. The number of phenolic OH excluding ortho intramolecular Hbond substituents is 1. The molecule has 2 aromatic carbocycles. The molecule has 0 saturated carbocycles. The summed E-state index contributed by atoms with van der Waals surface area (Å²) in [4.78, 5) is 2.96. The number of aliphatic hydroxyl groups is 1. The van der Waals surface area contributed by atoms with E-state index in [4.69, 9.17) is 0 Å². The molecule has 0 amide bonds. The number of halogens is 3. The molecule has 3 aromatic rings. The zero-order chi connectivity index (χ0) is 19.9. The first-order valence-corrected chi connectivity index (χ1v) is 8.65. The topological polar surface area (TPSA) is 56.2 Å². The van der Waals surface area contributed by atoms with E-state index in [1.54, 1.807) is 56.3 Å². The van der Waals surface area contributed by atoms with Crippen LogP contribution in [0.4, 0.5) is 13.2 Å². The normalized spacial score (nSPS) is 15.0. The van der Waals surface area contributed by atoms with Crippen molar-refractivity contribution < 1.29 is 23.4 Å². The zero-order valence-corrected chi connectivity index (χ0v) is 15.1. The molecular weight excluding hydrogens is 355 g/mol. The van der Waals surface area contributed by atoms with Gasteiger partial charge in [0, 0.05) is 17.6 Å². The molecule has 6 heteroatoms. The van der Waals surface area contributed by atoms with Gasteiger partial charge in [-0.3, -0.25) is 0 Å². The van der Waals surface area contributed by atoms with Crippen molar-refractivity contribution in [3.63, 3.8) is 0 Å². The molecule has 144 valence electrons. The molecule has 0 aliphatic heterocycles. The number of nitrogens with one attached hydrogen (secondary N) is 1. The van der Waals surface area contributed by atoms with Crippen LogP contribution in [0, 0.1) is 0 Å². The van der Waals surface area contributed by atoms with E-state index in [9.17, 15) is 23.4 Å². The Balaban J connectivity index is 1.94. The van der Waals surface area contributed by atoms with Gasteiger partial charge in [-0.25, -0.2) is 0 Å². The Morgan fingerprint density at radius 3 is 2.30 bits per heavy atom. The van der Waals surface area contributed by atoms with E-state index in [0.717, 1.165) is 10.9 Å². The van der Waals surface area contributed by atoms with E-state index in [1.807, 2.05) is 0 Å². The fourth-order valence-corrected chi connectivity index (χ4v) is 3.57. The zero-order valence-electron chi connectivity index (χ0n) is 15.1. The number of hydrogen-bond donors (Lipinski definition) is 3. The lowest BCUT2D eigenvalue weighted by molar-refractivity contribution is -0.266.